The van der Waals surface area contributed by atoms with E-state index in [-0.39, 0.29) is 0 Å². The van der Waals surface area contributed by atoms with E-state index < -0.39 is 0 Å². The molecule has 0 aromatic heterocycles. The number of anilines is 1. The molecule has 0 unspecified atom stereocenters. The monoisotopic (exact) mass is 393 g/mol. The van der Waals surface area contributed by atoms with Gasteiger partial charge in [0.1, 0.15) is 11.5 Å². The maximum absolute atomic E-state index is 6.07. The Bertz CT molecular complexity index is 1140. The van der Waals surface area contributed by atoms with Crippen molar-refractivity contribution in [1.82, 2.24) is 0 Å². The molecule has 30 heavy (non-hydrogen) atoms. The van der Waals surface area contributed by atoms with Gasteiger partial charge in [0.15, 0.2) is 0 Å². The Balaban J connectivity index is 1.75. The van der Waals surface area contributed by atoms with Crippen LogP contribution in [0.3, 0.4) is 0 Å². The Morgan fingerprint density at radius 1 is 0.600 bits per heavy atom. The third-order valence-electron chi connectivity index (χ3n) is 4.65. The number of para-hydroxylation sites is 1. The van der Waals surface area contributed by atoms with E-state index in [1.807, 2.05) is 99.0 Å². The molecule has 0 atom stereocenters. The first-order valence-corrected chi connectivity index (χ1v) is 9.81. The first kappa shape index (κ1) is 19.4. The lowest BCUT2D eigenvalue weighted by molar-refractivity contribution is 0.483. The summed E-state index contributed by atoms with van der Waals surface area (Å²) in [5.74, 6) is 1.58. The molecule has 4 aromatic carbocycles. The van der Waals surface area contributed by atoms with E-state index in [4.69, 9.17) is 4.74 Å². The van der Waals surface area contributed by atoms with E-state index in [9.17, 15) is 0 Å². The molecule has 0 fully saturated rings. The van der Waals surface area contributed by atoms with E-state index in [0.717, 1.165) is 39.7 Å². The van der Waals surface area contributed by atoms with E-state index in [2.05, 4.69) is 33.3 Å². The van der Waals surface area contributed by atoms with Crippen LogP contribution in [0.4, 0.5) is 17.1 Å². The third-order valence-corrected chi connectivity index (χ3v) is 4.65. The zero-order valence-electron chi connectivity index (χ0n) is 17.1. The summed E-state index contributed by atoms with van der Waals surface area (Å²) in [7, 11) is 4.06. The molecule has 0 aliphatic carbocycles. The van der Waals surface area contributed by atoms with E-state index in [0.29, 0.717) is 0 Å². The summed E-state index contributed by atoms with van der Waals surface area (Å²) in [5, 5.41) is 8.94. The lowest BCUT2D eigenvalue weighted by Crippen LogP contribution is -2.10. The lowest BCUT2D eigenvalue weighted by Gasteiger charge is -2.19. The standard InChI is InChI=1S/C26H23N3O/c1-29(2)26-18-17-22(30-21-13-7-4-8-14-21)19-24(26)23-15-9-10-16-25(23)28-27-20-11-5-3-6-12-20/h3-19H,1-2H3/b28-27+. The Labute approximate surface area is 177 Å². The van der Waals surface area contributed by atoms with Gasteiger partial charge in [-0.1, -0.05) is 54.6 Å². The minimum atomic E-state index is 0.775. The number of benzene rings is 4. The second-order valence-electron chi connectivity index (χ2n) is 7.04. The van der Waals surface area contributed by atoms with Crippen LogP contribution < -0.4 is 9.64 Å². The molecule has 0 N–H and O–H groups in total. The van der Waals surface area contributed by atoms with Crippen molar-refractivity contribution in [2.45, 2.75) is 0 Å². The van der Waals surface area contributed by atoms with Crippen molar-refractivity contribution in [2.75, 3.05) is 19.0 Å². The topological polar surface area (TPSA) is 37.2 Å². The highest BCUT2D eigenvalue weighted by Crippen LogP contribution is 2.39. The molecule has 0 amide bonds. The highest BCUT2D eigenvalue weighted by Gasteiger charge is 2.13. The number of nitrogens with zero attached hydrogens (tertiary/aromatic N) is 3. The number of rotatable bonds is 6. The zero-order chi connectivity index (χ0) is 20.8. The molecular formula is C26H23N3O. The molecule has 148 valence electrons. The fourth-order valence-corrected chi connectivity index (χ4v) is 3.20. The molecule has 0 aliphatic heterocycles. The van der Waals surface area contributed by atoms with Crippen LogP contribution in [0, 0.1) is 0 Å². The Hall–Kier alpha value is -3.92. The van der Waals surface area contributed by atoms with Crippen LogP contribution in [0.15, 0.2) is 113 Å². The summed E-state index contributed by atoms with van der Waals surface area (Å²) in [6.45, 7) is 0. The van der Waals surface area contributed by atoms with Crippen molar-refractivity contribution < 1.29 is 4.74 Å². The van der Waals surface area contributed by atoms with Gasteiger partial charge in [-0.2, -0.15) is 5.11 Å². The molecule has 4 nitrogen and oxygen atoms in total. The van der Waals surface area contributed by atoms with Gasteiger partial charge in [-0.3, -0.25) is 0 Å². The van der Waals surface area contributed by atoms with Gasteiger partial charge in [0, 0.05) is 30.9 Å². The van der Waals surface area contributed by atoms with E-state index >= 15 is 0 Å². The van der Waals surface area contributed by atoms with Gasteiger partial charge in [0.05, 0.1) is 11.4 Å². The average Bonchev–Trinajstić information content (AvgIpc) is 2.79. The smallest absolute Gasteiger partial charge is 0.128 e. The van der Waals surface area contributed by atoms with Crippen molar-refractivity contribution in [3.63, 3.8) is 0 Å². The molecule has 0 saturated heterocycles. The molecule has 4 rings (SSSR count). The fourth-order valence-electron chi connectivity index (χ4n) is 3.20. The quantitative estimate of drug-likeness (QED) is 0.316. The molecule has 0 heterocycles. The molecule has 0 spiro atoms. The fraction of sp³-hybridized carbons (Fsp3) is 0.0769. The van der Waals surface area contributed by atoms with Gasteiger partial charge in [-0.05, 0) is 48.5 Å². The maximum Gasteiger partial charge on any atom is 0.128 e. The molecular weight excluding hydrogens is 370 g/mol. The average molecular weight is 393 g/mol. The molecule has 0 bridgehead atoms. The van der Waals surface area contributed by atoms with Crippen molar-refractivity contribution in [2.24, 2.45) is 10.2 Å². The van der Waals surface area contributed by atoms with Crippen LogP contribution >= 0.6 is 0 Å². The number of hydrogen-bond donors (Lipinski definition) is 0. The van der Waals surface area contributed by atoms with Crippen molar-refractivity contribution in [1.29, 1.82) is 0 Å². The van der Waals surface area contributed by atoms with Crippen LogP contribution in [0.5, 0.6) is 11.5 Å². The highest BCUT2D eigenvalue weighted by atomic mass is 16.5. The number of azo groups is 1. The van der Waals surface area contributed by atoms with E-state index in [1.54, 1.807) is 0 Å². The predicted molar refractivity (Wildman–Crippen MR) is 123 cm³/mol. The molecule has 0 radical (unpaired) electrons. The van der Waals surface area contributed by atoms with Crippen LogP contribution in [0.1, 0.15) is 0 Å². The largest absolute Gasteiger partial charge is 0.457 e. The van der Waals surface area contributed by atoms with Crippen molar-refractivity contribution in [3.8, 4) is 22.6 Å². The number of ether oxygens (including phenoxy) is 1. The van der Waals surface area contributed by atoms with Crippen molar-refractivity contribution >= 4 is 17.1 Å². The van der Waals surface area contributed by atoms with E-state index in [1.165, 1.54) is 0 Å². The minimum Gasteiger partial charge on any atom is -0.457 e. The summed E-state index contributed by atoms with van der Waals surface area (Å²) in [4.78, 5) is 2.09. The first-order chi connectivity index (χ1) is 14.7. The first-order valence-electron chi connectivity index (χ1n) is 9.81. The molecule has 0 saturated carbocycles. The SMILES string of the molecule is CN(C)c1ccc(Oc2ccccc2)cc1-c1ccccc1/N=N/c1ccccc1. The number of hydrogen-bond acceptors (Lipinski definition) is 4. The van der Waals surface area contributed by atoms with Gasteiger partial charge in [-0.25, -0.2) is 0 Å². The normalized spacial score (nSPS) is 10.9. The zero-order valence-corrected chi connectivity index (χ0v) is 17.1. The Morgan fingerprint density at radius 2 is 1.27 bits per heavy atom. The minimum absolute atomic E-state index is 0.775. The maximum atomic E-state index is 6.07. The van der Waals surface area contributed by atoms with Gasteiger partial charge in [0.25, 0.3) is 0 Å². The molecule has 4 heteroatoms. The van der Waals surface area contributed by atoms with Crippen molar-refractivity contribution in [3.05, 3.63) is 103 Å². The van der Waals surface area contributed by atoms with Crippen LogP contribution in [0.2, 0.25) is 0 Å². The lowest BCUT2D eigenvalue weighted by atomic mass is 10.0. The molecule has 0 aliphatic rings. The third kappa shape index (κ3) is 4.55. The van der Waals surface area contributed by atoms with Crippen LogP contribution in [0.25, 0.3) is 11.1 Å². The van der Waals surface area contributed by atoms with Crippen LogP contribution in [-0.2, 0) is 0 Å². The summed E-state index contributed by atoms with van der Waals surface area (Å²) in [6, 6.07) is 33.7. The summed E-state index contributed by atoms with van der Waals surface area (Å²) in [6.07, 6.45) is 0. The van der Waals surface area contributed by atoms with Crippen LogP contribution in [-0.4, -0.2) is 14.1 Å². The Morgan fingerprint density at radius 3 is 2.00 bits per heavy atom. The summed E-state index contributed by atoms with van der Waals surface area (Å²) >= 11 is 0. The van der Waals surface area contributed by atoms with Gasteiger partial charge in [0.2, 0.25) is 0 Å². The Kier molecular flexibility index (Phi) is 5.85. The second kappa shape index (κ2) is 9.05. The summed E-state index contributed by atoms with van der Waals surface area (Å²) < 4.78 is 6.07. The summed E-state index contributed by atoms with van der Waals surface area (Å²) in [5.41, 5.74) is 4.75. The highest BCUT2D eigenvalue weighted by molar-refractivity contribution is 5.86. The van der Waals surface area contributed by atoms with Gasteiger partial charge >= 0.3 is 0 Å². The van der Waals surface area contributed by atoms with Gasteiger partial charge in [-0.15, -0.1) is 5.11 Å². The second-order valence-corrected chi connectivity index (χ2v) is 7.04. The van der Waals surface area contributed by atoms with Gasteiger partial charge < -0.3 is 9.64 Å². The predicted octanol–water partition coefficient (Wildman–Crippen LogP) is 7.63. The molecule has 4 aromatic rings.